The third-order valence-corrected chi connectivity index (χ3v) is 10.5. The fourth-order valence-corrected chi connectivity index (χ4v) is 7.27. The lowest BCUT2D eigenvalue weighted by atomic mass is 9.89. The second kappa shape index (κ2) is 18.4. The van der Waals surface area contributed by atoms with Crippen LogP contribution >= 0.6 is 0 Å². The third kappa shape index (κ3) is 10.4. The van der Waals surface area contributed by atoms with Crippen LogP contribution in [-0.4, -0.2) is 77.9 Å². The number of Topliss-reactive ketones (excluding diaryl/α,β-unsaturated/α-hetero) is 2. The number of oxazole rings is 1. The van der Waals surface area contributed by atoms with Gasteiger partial charge in [0.1, 0.15) is 11.6 Å². The summed E-state index contributed by atoms with van der Waals surface area (Å²) < 4.78 is 17.6. The average molecular weight is 713 g/mol. The largest absolute Gasteiger partial charge is 0.449 e. The summed E-state index contributed by atoms with van der Waals surface area (Å²) in [6.07, 6.45) is 10.6. The molecule has 2 heterocycles. The maximum Gasteiger partial charge on any atom is 0.407 e. The highest BCUT2D eigenvalue weighted by Crippen LogP contribution is 2.30. The third-order valence-electron chi connectivity index (χ3n) is 10.5. The van der Waals surface area contributed by atoms with Gasteiger partial charge in [-0.25, -0.2) is 9.78 Å². The van der Waals surface area contributed by atoms with Gasteiger partial charge in [0.15, 0.2) is 11.4 Å². The number of hydrogen-bond acceptors (Lipinski definition) is 9. The van der Waals surface area contributed by atoms with Gasteiger partial charge in [0, 0.05) is 25.3 Å². The van der Waals surface area contributed by atoms with Crippen molar-refractivity contribution >= 4 is 34.7 Å². The van der Waals surface area contributed by atoms with E-state index >= 15 is 0 Å². The molecule has 0 bridgehead atoms. The van der Waals surface area contributed by atoms with Gasteiger partial charge in [-0.1, -0.05) is 60.5 Å². The number of unbranched alkanes of at least 4 members (excludes halogenated alkanes) is 1. The molecule has 3 aromatic rings. The molecule has 3 N–H and O–H groups in total. The van der Waals surface area contributed by atoms with Crippen molar-refractivity contribution in [2.24, 2.45) is 17.6 Å². The minimum atomic E-state index is -0.914. The Balaban J connectivity index is 1.21. The number of para-hydroxylation sites is 2. The summed E-state index contributed by atoms with van der Waals surface area (Å²) in [7, 11) is 0. The monoisotopic (exact) mass is 712 g/mol. The molecule has 278 valence electrons. The van der Waals surface area contributed by atoms with E-state index in [0.717, 1.165) is 31.2 Å². The number of nitrogens with two attached hydrogens (primary N) is 1. The van der Waals surface area contributed by atoms with Crippen molar-refractivity contribution in [1.29, 1.82) is 0 Å². The van der Waals surface area contributed by atoms with E-state index in [-0.39, 0.29) is 42.4 Å². The van der Waals surface area contributed by atoms with E-state index in [4.69, 9.17) is 19.6 Å². The van der Waals surface area contributed by atoms with Gasteiger partial charge in [0.25, 0.3) is 5.89 Å². The van der Waals surface area contributed by atoms with Crippen molar-refractivity contribution in [1.82, 2.24) is 15.2 Å². The first-order chi connectivity index (χ1) is 25.4. The fourth-order valence-electron chi connectivity index (χ4n) is 7.27. The van der Waals surface area contributed by atoms with E-state index in [2.05, 4.69) is 16.4 Å². The topological polar surface area (TPSA) is 154 Å². The zero-order valence-corrected chi connectivity index (χ0v) is 30.0. The number of ether oxygens (including phenoxy) is 2. The van der Waals surface area contributed by atoms with E-state index in [1.54, 1.807) is 17.0 Å². The number of aromatic nitrogens is 1. The van der Waals surface area contributed by atoms with E-state index in [9.17, 15) is 19.2 Å². The van der Waals surface area contributed by atoms with Crippen molar-refractivity contribution in [3.63, 3.8) is 0 Å². The summed E-state index contributed by atoms with van der Waals surface area (Å²) in [5.74, 6) is -1.27. The highest BCUT2D eigenvalue weighted by Gasteiger charge is 2.43. The van der Waals surface area contributed by atoms with Crippen LogP contribution in [0.15, 0.2) is 70.7 Å². The molecule has 2 amide bonds. The van der Waals surface area contributed by atoms with Crippen LogP contribution < -0.4 is 11.1 Å². The Bertz CT molecular complexity index is 1660. The number of amides is 2. The zero-order chi connectivity index (χ0) is 36.3. The summed E-state index contributed by atoms with van der Waals surface area (Å²) >= 11 is 0. The van der Waals surface area contributed by atoms with Crippen LogP contribution in [-0.2, 0) is 25.5 Å². The summed E-state index contributed by atoms with van der Waals surface area (Å²) in [5.41, 5.74) is 9.26. The number of carbonyl (C=O) groups is 4. The van der Waals surface area contributed by atoms with E-state index in [0.29, 0.717) is 75.3 Å². The van der Waals surface area contributed by atoms with Crippen molar-refractivity contribution in [2.75, 3.05) is 26.3 Å². The van der Waals surface area contributed by atoms with Gasteiger partial charge in [-0.05, 0) is 94.4 Å². The lowest BCUT2D eigenvalue weighted by molar-refractivity contribution is -0.139. The molecule has 0 radical (unpaired) electrons. The number of aryl methyl sites for hydroxylation is 1. The summed E-state index contributed by atoms with van der Waals surface area (Å²) in [5, 5.41) is 2.83. The van der Waals surface area contributed by atoms with Crippen LogP contribution in [0.25, 0.3) is 11.1 Å². The SMILES string of the molecule is NCCCC[C@H](CC(=O)[C@@H]1C[C@@H](OCC=C2CCCC2)CN1C(=O)[C@@H](CCc1ccccc1)NC(=O)OCC1CC1)C(=O)c1nc2ccccc2o1. The second-order valence-corrected chi connectivity index (χ2v) is 14.5. The first-order valence-electron chi connectivity index (χ1n) is 19.1. The van der Waals surface area contributed by atoms with Gasteiger partial charge in [0.05, 0.1) is 25.4 Å². The molecule has 1 saturated heterocycles. The summed E-state index contributed by atoms with van der Waals surface area (Å²) in [6, 6.07) is 15.2. The lowest BCUT2D eigenvalue weighted by Gasteiger charge is -2.29. The molecule has 3 aliphatic rings. The van der Waals surface area contributed by atoms with E-state index in [1.165, 1.54) is 18.4 Å². The number of rotatable bonds is 19. The number of ketones is 2. The molecule has 0 unspecified atom stereocenters. The number of fused-ring (bicyclic) bond motifs is 1. The molecule has 1 aliphatic heterocycles. The maximum atomic E-state index is 14.5. The quantitative estimate of drug-likeness (QED) is 0.0824. The molecule has 6 rings (SSSR count). The number of nitrogens with zero attached hydrogens (tertiary/aromatic N) is 2. The minimum Gasteiger partial charge on any atom is -0.449 e. The molecule has 2 saturated carbocycles. The van der Waals surface area contributed by atoms with Crippen molar-refractivity contribution in [3.8, 4) is 0 Å². The summed E-state index contributed by atoms with van der Waals surface area (Å²) in [6.45, 7) is 1.40. The van der Waals surface area contributed by atoms with Crippen LogP contribution in [0.2, 0.25) is 0 Å². The van der Waals surface area contributed by atoms with Gasteiger partial charge in [-0.15, -0.1) is 0 Å². The Morgan fingerprint density at radius 3 is 2.52 bits per heavy atom. The van der Waals surface area contributed by atoms with Crippen molar-refractivity contribution in [2.45, 2.75) is 102 Å². The van der Waals surface area contributed by atoms with Crippen molar-refractivity contribution in [3.05, 3.63) is 77.7 Å². The van der Waals surface area contributed by atoms with Gasteiger partial charge in [-0.2, -0.15) is 0 Å². The van der Waals surface area contributed by atoms with E-state index in [1.807, 2.05) is 42.5 Å². The lowest BCUT2D eigenvalue weighted by Crippen LogP contribution is -2.52. The normalized spacial score (nSPS) is 19.8. The maximum absolute atomic E-state index is 14.5. The fraction of sp³-hybridized carbons (Fsp3) is 0.537. The number of likely N-dealkylation sites (tertiary alicyclic amines) is 1. The molecule has 11 nitrogen and oxygen atoms in total. The van der Waals surface area contributed by atoms with Gasteiger partial charge < -0.3 is 29.8 Å². The predicted molar refractivity (Wildman–Crippen MR) is 197 cm³/mol. The van der Waals surface area contributed by atoms with Crippen LogP contribution in [0, 0.1) is 11.8 Å². The van der Waals surface area contributed by atoms with Crippen LogP contribution in [0.5, 0.6) is 0 Å². The first kappa shape index (κ1) is 37.4. The van der Waals surface area contributed by atoms with Gasteiger partial charge >= 0.3 is 6.09 Å². The predicted octanol–water partition coefficient (Wildman–Crippen LogP) is 6.34. The number of benzene rings is 2. The number of alkyl carbamates (subject to hydrolysis) is 1. The Labute approximate surface area is 305 Å². The van der Waals surface area contributed by atoms with E-state index < -0.39 is 24.1 Å². The number of nitrogens with one attached hydrogen (secondary N) is 1. The number of allylic oxidation sites excluding steroid dienone is 1. The first-order valence-corrected chi connectivity index (χ1v) is 19.1. The minimum absolute atomic E-state index is 0.0258. The summed E-state index contributed by atoms with van der Waals surface area (Å²) in [4.78, 5) is 61.6. The smallest absolute Gasteiger partial charge is 0.407 e. The molecule has 4 atom stereocenters. The van der Waals surface area contributed by atoms with Gasteiger partial charge in [0.2, 0.25) is 11.7 Å². The Hall–Kier alpha value is -4.35. The Kier molecular flexibility index (Phi) is 13.3. The standard InChI is InChI=1S/C41H52N4O7/c42-22-9-8-14-31(38(47)39-43-33-15-6-7-16-37(33)52-39)24-36(46)35-25-32(50-23-21-29-12-4-5-13-29)26-45(35)40(48)34(20-19-28-10-2-1-3-11-28)44-41(49)51-27-30-17-18-30/h1-3,6-7,10-11,15-16,21,30-32,34-35H,4-5,8-9,12-14,17-20,22-27,42H2,(H,44,49)/t31-,32-,34-,35+/m1/s1. The Morgan fingerprint density at radius 1 is 1.00 bits per heavy atom. The molecule has 11 heteroatoms. The molecule has 2 aromatic carbocycles. The molecule has 52 heavy (non-hydrogen) atoms. The zero-order valence-electron chi connectivity index (χ0n) is 30.0. The molecule has 2 aliphatic carbocycles. The van der Waals surface area contributed by atoms with Crippen LogP contribution in [0.1, 0.15) is 93.3 Å². The highest BCUT2D eigenvalue weighted by atomic mass is 16.5. The average Bonchev–Trinajstić information content (AvgIpc) is 3.49. The number of hydrogen-bond donors (Lipinski definition) is 2. The second-order valence-electron chi connectivity index (χ2n) is 14.5. The molecule has 0 spiro atoms. The van der Waals surface area contributed by atoms with Gasteiger partial charge in [-0.3, -0.25) is 14.4 Å². The highest BCUT2D eigenvalue weighted by molar-refractivity contribution is 6.00. The molecule has 1 aromatic heterocycles. The Morgan fingerprint density at radius 2 is 1.77 bits per heavy atom. The van der Waals surface area contributed by atoms with Crippen LogP contribution in [0.3, 0.4) is 0 Å². The molecule has 3 fully saturated rings. The van der Waals surface area contributed by atoms with Crippen molar-refractivity contribution < 1.29 is 33.1 Å². The van der Waals surface area contributed by atoms with Crippen LogP contribution in [0.4, 0.5) is 4.79 Å². The number of carbonyl (C=O) groups excluding carboxylic acids is 4. The molecular formula is C41H52N4O7. The molecular weight excluding hydrogens is 660 g/mol.